The Morgan fingerprint density at radius 2 is 2.23 bits per heavy atom. The summed E-state index contributed by atoms with van der Waals surface area (Å²) in [6, 6.07) is 11.0. The van der Waals surface area contributed by atoms with Crippen LogP contribution in [0.1, 0.15) is 44.7 Å². The lowest BCUT2D eigenvalue weighted by Gasteiger charge is -2.28. The monoisotopic (exact) mass is 302 g/mol. The van der Waals surface area contributed by atoms with Crippen molar-refractivity contribution in [2.24, 2.45) is 5.92 Å². The van der Waals surface area contributed by atoms with Crippen LogP contribution in [-0.4, -0.2) is 36.2 Å². The standard InChI is InChI=1S/C18H26N2O2/c1-3-4-10-22-17(21)19-18-11-16(18)12-20(13-18)14(2)15-8-6-5-7-9-15/h5-9,14,16H,3-4,10-13H2,1-2H3,(H,19,21)/t14-,16?,18?/m0/s1. The number of likely N-dealkylation sites (tertiary alicyclic amines) is 1. The number of nitrogens with one attached hydrogen (secondary N) is 1. The summed E-state index contributed by atoms with van der Waals surface area (Å²) < 4.78 is 5.25. The number of carbonyl (C=O) groups excluding carboxylic acids is 1. The molecule has 3 rings (SSSR count). The summed E-state index contributed by atoms with van der Waals surface area (Å²) in [6.07, 6.45) is 2.82. The van der Waals surface area contributed by atoms with Crippen molar-refractivity contribution in [3.63, 3.8) is 0 Å². The highest BCUT2D eigenvalue weighted by molar-refractivity contribution is 5.69. The third-order valence-electron chi connectivity index (χ3n) is 5.08. The van der Waals surface area contributed by atoms with E-state index in [1.54, 1.807) is 0 Å². The summed E-state index contributed by atoms with van der Waals surface area (Å²) >= 11 is 0. The van der Waals surface area contributed by atoms with E-state index in [0.29, 0.717) is 18.6 Å². The smallest absolute Gasteiger partial charge is 0.407 e. The Balaban J connectivity index is 1.53. The van der Waals surface area contributed by atoms with Gasteiger partial charge in [0.1, 0.15) is 0 Å². The van der Waals surface area contributed by atoms with Crippen molar-refractivity contribution in [3.05, 3.63) is 35.9 Å². The van der Waals surface area contributed by atoms with Crippen LogP contribution in [0.25, 0.3) is 0 Å². The zero-order valence-electron chi connectivity index (χ0n) is 13.5. The molecule has 4 heteroatoms. The number of hydrogen-bond donors (Lipinski definition) is 1. The molecule has 2 aliphatic rings. The van der Waals surface area contributed by atoms with Crippen molar-refractivity contribution in [2.75, 3.05) is 19.7 Å². The molecule has 4 nitrogen and oxygen atoms in total. The second-order valence-electron chi connectivity index (χ2n) is 6.69. The predicted molar refractivity (Wildman–Crippen MR) is 86.7 cm³/mol. The van der Waals surface area contributed by atoms with Gasteiger partial charge in [0.25, 0.3) is 0 Å². The lowest BCUT2D eigenvalue weighted by molar-refractivity contribution is 0.136. The Kier molecular flexibility index (Phi) is 4.39. The van der Waals surface area contributed by atoms with Crippen molar-refractivity contribution in [3.8, 4) is 0 Å². The molecule has 1 aliphatic heterocycles. The number of hydrogen-bond acceptors (Lipinski definition) is 3. The number of piperidine rings is 1. The summed E-state index contributed by atoms with van der Waals surface area (Å²) in [5, 5.41) is 3.12. The maximum absolute atomic E-state index is 11.9. The minimum absolute atomic E-state index is 0.0354. The van der Waals surface area contributed by atoms with Crippen molar-refractivity contribution < 1.29 is 9.53 Å². The van der Waals surface area contributed by atoms with Crippen LogP contribution in [0.15, 0.2) is 30.3 Å². The zero-order valence-corrected chi connectivity index (χ0v) is 13.5. The number of alkyl carbamates (subject to hydrolysis) is 1. The summed E-state index contributed by atoms with van der Waals surface area (Å²) in [6.45, 7) is 6.85. The fraction of sp³-hybridized carbons (Fsp3) is 0.611. The molecule has 120 valence electrons. The number of nitrogens with zero attached hydrogens (tertiary/aromatic N) is 1. The van der Waals surface area contributed by atoms with E-state index in [0.717, 1.165) is 32.4 Å². The zero-order chi connectivity index (χ0) is 15.6. The summed E-state index contributed by atoms with van der Waals surface area (Å²) in [4.78, 5) is 14.4. The van der Waals surface area contributed by atoms with E-state index in [9.17, 15) is 4.79 Å². The third kappa shape index (κ3) is 3.12. The maximum atomic E-state index is 11.9. The van der Waals surface area contributed by atoms with Crippen molar-refractivity contribution in [2.45, 2.75) is 44.7 Å². The summed E-state index contributed by atoms with van der Waals surface area (Å²) in [5.74, 6) is 0.581. The largest absolute Gasteiger partial charge is 0.450 e. The van der Waals surface area contributed by atoms with Gasteiger partial charge >= 0.3 is 6.09 Å². The van der Waals surface area contributed by atoms with Gasteiger partial charge in [0.15, 0.2) is 0 Å². The second-order valence-corrected chi connectivity index (χ2v) is 6.69. The highest BCUT2D eigenvalue weighted by atomic mass is 16.5. The lowest BCUT2D eigenvalue weighted by atomic mass is 10.1. The molecule has 1 amide bonds. The van der Waals surface area contributed by atoms with Crippen LogP contribution in [0.3, 0.4) is 0 Å². The summed E-state index contributed by atoms with van der Waals surface area (Å²) in [7, 11) is 0. The third-order valence-corrected chi connectivity index (χ3v) is 5.08. The number of amides is 1. The molecule has 1 saturated carbocycles. The molecule has 1 heterocycles. The van der Waals surface area contributed by atoms with Gasteiger partial charge in [-0.15, -0.1) is 0 Å². The molecule has 22 heavy (non-hydrogen) atoms. The van der Waals surface area contributed by atoms with Gasteiger partial charge in [0, 0.05) is 19.1 Å². The Morgan fingerprint density at radius 1 is 1.45 bits per heavy atom. The van der Waals surface area contributed by atoms with Gasteiger partial charge in [-0.05, 0) is 31.2 Å². The van der Waals surface area contributed by atoms with Gasteiger partial charge < -0.3 is 10.1 Å². The molecule has 0 aromatic heterocycles. The van der Waals surface area contributed by atoms with E-state index in [2.05, 4.69) is 48.3 Å². The van der Waals surface area contributed by atoms with Crippen molar-refractivity contribution in [1.82, 2.24) is 10.2 Å². The maximum Gasteiger partial charge on any atom is 0.407 e. The number of unbranched alkanes of at least 4 members (excludes halogenated alkanes) is 1. The van der Waals surface area contributed by atoms with Gasteiger partial charge in [-0.25, -0.2) is 4.79 Å². The fourth-order valence-electron chi connectivity index (χ4n) is 3.50. The molecule has 0 bridgehead atoms. The van der Waals surface area contributed by atoms with E-state index in [4.69, 9.17) is 4.74 Å². The molecule has 2 unspecified atom stereocenters. The first-order valence-corrected chi connectivity index (χ1v) is 8.38. The fourth-order valence-corrected chi connectivity index (χ4v) is 3.50. The van der Waals surface area contributed by atoms with Crippen LogP contribution in [-0.2, 0) is 4.74 Å². The molecule has 1 aliphatic carbocycles. The van der Waals surface area contributed by atoms with Crippen molar-refractivity contribution in [1.29, 1.82) is 0 Å². The first kappa shape index (κ1) is 15.3. The Morgan fingerprint density at radius 3 is 2.95 bits per heavy atom. The number of fused-ring (bicyclic) bond motifs is 1. The van der Waals surface area contributed by atoms with E-state index in [-0.39, 0.29) is 11.6 Å². The molecule has 1 N–H and O–H groups in total. The molecule has 1 aromatic rings. The molecule has 2 fully saturated rings. The molecule has 1 saturated heterocycles. The van der Waals surface area contributed by atoms with Crippen LogP contribution in [0.2, 0.25) is 0 Å². The predicted octanol–water partition coefficient (Wildman–Crippen LogP) is 3.35. The van der Waals surface area contributed by atoms with Crippen LogP contribution in [0, 0.1) is 5.92 Å². The Labute approximate surface area is 132 Å². The number of rotatable bonds is 6. The SMILES string of the molecule is CCCCOC(=O)NC12CC1CN([C@@H](C)c1ccccc1)C2. The van der Waals surface area contributed by atoms with Crippen LogP contribution in [0.5, 0.6) is 0 Å². The molecule has 3 atom stereocenters. The lowest BCUT2D eigenvalue weighted by Crippen LogP contribution is -2.43. The number of benzene rings is 1. The Hall–Kier alpha value is -1.55. The van der Waals surface area contributed by atoms with Gasteiger partial charge in [-0.1, -0.05) is 43.7 Å². The molecule has 0 spiro atoms. The highest BCUT2D eigenvalue weighted by Gasteiger charge is 2.61. The quantitative estimate of drug-likeness (QED) is 0.819. The normalized spacial score (nSPS) is 28.0. The average Bonchev–Trinajstić information content (AvgIpc) is 3.07. The minimum Gasteiger partial charge on any atom is -0.450 e. The van der Waals surface area contributed by atoms with Crippen LogP contribution in [0.4, 0.5) is 4.79 Å². The van der Waals surface area contributed by atoms with Gasteiger partial charge in [0.05, 0.1) is 12.1 Å². The number of carbonyl (C=O) groups is 1. The van der Waals surface area contributed by atoms with E-state index in [1.807, 2.05) is 6.07 Å². The van der Waals surface area contributed by atoms with E-state index in [1.165, 1.54) is 5.56 Å². The highest BCUT2D eigenvalue weighted by Crippen LogP contribution is 2.51. The molecular formula is C18H26N2O2. The summed E-state index contributed by atoms with van der Waals surface area (Å²) in [5.41, 5.74) is 1.30. The van der Waals surface area contributed by atoms with Crippen LogP contribution < -0.4 is 5.32 Å². The van der Waals surface area contributed by atoms with Crippen molar-refractivity contribution >= 4 is 6.09 Å². The average molecular weight is 302 g/mol. The minimum atomic E-state index is -0.245. The second kappa shape index (κ2) is 6.29. The first-order valence-electron chi connectivity index (χ1n) is 8.38. The van der Waals surface area contributed by atoms with Gasteiger partial charge in [-0.2, -0.15) is 0 Å². The first-order chi connectivity index (χ1) is 10.6. The topological polar surface area (TPSA) is 41.6 Å². The molecule has 0 radical (unpaired) electrons. The van der Waals surface area contributed by atoms with Gasteiger partial charge in [-0.3, -0.25) is 4.90 Å². The molecule has 1 aromatic carbocycles. The molecular weight excluding hydrogens is 276 g/mol. The van der Waals surface area contributed by atoms with Gasteiger partial charge in [0.2, 0.25) is 0 Å². The number of ether oxygens (including phenoxy) is 1. The van der Waals surface area contributed by atoms with E-state index >= 15 is 0 Å². The van der Waals surface area contributed by atoms with Crippen LogP contribution >= 0.6 is 0 Å². The Bertz CT molecular complexity index is 519. The van der Waals surface area contributed by atoms with E-state index < -0.39 is 0 Å².